The molecule has 2 fully saturated rings. The first-order valence-corrected chi connectivity index (χ1v) is 11.6. The number of benzene rings is 2. The maximum atomic E-state index is 12.8. The van der Waals surface area contributed by atoms with Crippen LogP contribution in [-0.2, 0) is 11.3 Å². The Kier molecular flexibility index (Phi) is 6.09. The van der Waals surface area contributed by atoms with Gasteiger partial charge in [0.15, 0.2) is 11.5 Å². The number of likely N-dealkylation sites (tertiary alicyclic amines) is 1. The van der Waals surface area contributed by atoms with E-state index in [-0.39, 0.29) is 30.8 Å². The Morgan fingerprint density at radius 1 is 1.06 bits per heavy atom. The molecule has 2 unspecified atom stereocenters. The van der Waals surface area contributed by atoms with E-state index in [2.05, 4.69) is 16.3 Å². The predicted molar refractivity (Wildman–Crippen MR) is 123 cm³/mol. The van der Waals surface area contributed by atoms with Gasteiger partial charge in [-0.1, -0.05) is 36.4 Å². The number of nitrogens with zero attached hydrogens (tertiary/aromatic N) is 3. The Hall–Kier alpha value is -3.26. The largest absolute Gasteiger partial charge is 0.454 e. The van der Waals surface area contributed by atoms with E-state index in [1.807, 2.05) is 59.2 Å². The van der Waals surface area contributed by atoms with Crippen molar-refractivity contribution in [3.63, 3.8) is 0 Å². The van der Waals surface area contributed by atoms with Gasteiger partial charge in [0.25, 0.3) is 0 Å². The van der Waals surface area contributed by atoms with E-state index < -0.39 is 0 Å². The highest BCUT2D eigenvalue weighted by Gasteiger charge is 2.35. The van der Waals surface area contributed by atoms with Gasteiger partial charge in [-0.3, -0.25) is 9.69 Å². The normalized spacial score (nSPS) is 21.4. The monoisotopic (exact) mass is 450 g/mol. The zero-order valence-electron chi connectivity index (χ0n) is 18.9. The van der Waals surface area contributed by atoms with Crippen LogP contribution in [0.25, 0.3) is 0 Å². The Morgan fingerprint density at radius 3 is 2.61 bits per heavy atom. The van der Waals surface area contributed by atoms with E-state index in [9.17, 15) is 9.59 Å². The summed E-state index contributed by atoms with van der Waals surface area (Å²) in [5, 5.41) is 3.08. The van der Waals surface area contributed by atoms with Gasteiger partial charge in [-0.25, -0.2) is 4.79 Å². The smallest absolute Gasteiger partial charge is 0.317 e. The van der Waals surface area contributed by atoms with Crippen LogP contribution < -0.4 is 14.8 Å². The number of carbonyl (C=O) groups is 2. The molecule has 3 aliphatic heterocycles. The number of amides is 3. The van der Waals surface area contributed by atoms with E-state index in [0.29, 0.717) is 26.1 Å². The first kappa shape index (κ1) is 21.6. The van der Waals surface area contributed by atoms with Gasteiger partial charge in [-0.05, 0) is 30.2 Å². The van der Waals surface area contributed by atoms with Crippen molar-refractivity contribution in [1.82, 2.24) is 20.0 Å². The minimum atomic E-state index is -0.150. The van der Waals surface area contributed by atoms with Gasteiger partial charge in [0.2, 0.25) is 12.7 Å². The van der Waals surface area contributed by atoms with Crippen molar-refractivity contribution in [2.24, 2.45) is 0 Å². The van der Waals surface area contributed by atoms with Crippen molar-refractivity contribution >= 4 is 11.9 Å². The van der Waals surface area contributed by atoms with Crippen LogP contribution in [0.2, 0.25) is 0 Å². The summed E-state index contributed by atoms with van der Waals surface area (Å²) in [4.78, 5) is 31.5. The number of ether oxygens (including phenoxy) is 2. The summed E-state index contributed by atoms with van der Waals surface area (Å²) in [5.41, 5.74) is 2.28. The van der Waals surface area contributed by atoms with Crippen LogP contribution >= 0.6 is 0 Å². The molecule has 1 N–H and O–H groups in total. The summed E-state index contributed by atoms with van der Waals surface area (Å²) < 4.78 is 10.8. The van der Waals surface area contributed by atoms with Gasteiger partial charge in [-0.15, -0.1) is 0 Å². The van der Waals surface area contributed by atoms with Crippen LogP contribution in [0.3, 0.4) is 0 Å². The van der Waals surface area contributed by atoms with Crippen molar-refractivity contribution in [3.05, 3.63) is 59.7 Å². The second-order valence-electron chi connectivity index (χ2n) is 8.93. The zero-order chi connectivity index (χ0) is 22.8. The molecular weight excluding hydrogens is 420 g/mol. The molecule has 2 aromatic carbocycles. The Morgan fingerprint density at radius 2 is 1.82 bits per heavy atom. The molecule has 0 spiro atoms. The SMILES string of the molecule is CC(c1ccccc1)N1CC(NC(=O)N2CCN(Cc3ccc4c(c3)OCO4)CC2)CC1=O. The second-order valence-corrected chi connectivity index (χ2v) is 8.93. The molecule has 8 heteroatoms. The second kappa shape index (κ2) is 9.31. The lowest BCUT2D eigenvalue weighted by atomic mass is 10.1. The third-order valence-electron chi connectivity index (χ3n) is 6.74. The number of hydrogen-bond acceptors (Lipinski definition) is 5. The third-order valence-corrected chi connectivity index (χ3v) is 6.74. The summed E-state index contributed by atoms with van der Waals surface area (Å²) in [7, 11) is 0. The van der Waals surface area contributed by atoms with Crippen molar-refractivity contribution < 1.29 is 19.1 Å². The Labute approximate surface area is 194 Å². The average Bonchev–Trinajstić information content (AvgIpc) is 3.45. The van der Waals surface area contributed by atoms with Crippen LogP contribution in [0.15, 0.2) is 48.5 Å². The molecule has 2 atom stereocenters. The highest BCUT2D eigenvalue weighted by atomic mass is 16.7. The van der Waals surface area contributed by atoms with E-state index in [1.54, 1.807) is 0 Å². The van der Waals surface area contributed by atoms with Gasteiger partial charge in [0.05, 0.1) is 12.1 Å². The molecule has 0 aromatic heterocycles. The molecule has 3 amide bonds. The first-order valence-electron chi connectivity index (χ1n) is 11.6. The first-order chi connectivity index (χ1) is 16.1. The predicted octanol–water partition coefficient (Wildman–Crippen LogP) is 2.60. The maximum Gasteiger partial charge on any atom is 0.317 e. The summed E-state index contributed by atoms with van der Waals surface area (Å²) in [6.07, 6.45) is 0.354. The summed E-state index contributed by atoms with van der Waals surface area (Å²) in [6, 6.07) is 15.8. The van der Waals surface area contributed by atoms with E-state index >= 15 is 0 Å². The molecule has 8 nitrogen and oxygen atoms in total. The lowest BCUT2D eigenvalue weighted by molar-refractivity contribution is -0.129. The standard InChI is InChI=1S/C25H30N4O4/c1-18(20-5-3-2-4-6-20)29-16-21(14-24(29)30)26-25(31)28-11-9-27(10-12-28)15-19-7-8-22-23(13-19)33-17-32-22/h2-8,13,18,21H,9-12,14-17H2,1H3,(H,26,31). The number of rotatable bonds is 5. The highest BCUT2D eigenvalue weighted by Crippen LogP contribution is 2.33. The van der Waals surface area contributed by atoms with Crippen LogP contribution in [-0.4, -0.2) is 72.2 Å². The van der Waals surface area contributed by atoms with E-state index in [0.717, 1.165) is 36.7 Å². The zero-order valence-corrected chi connectivity index (χ0v) is 18.9. The molecule has 0 bridgehead atoms. The fraction of sp³-hybridized carbons (Fsp3) is 0.440. The van der Waals surface area contributed by atoms with Crippen molar-refractivity contribution in [2.75, 3.05) is 39.5 Å². The minimum absolute atomic E-state index is 0.000302. The molecule has 3 aliphatic rings. The number of nitrogens with one attached hydrogen (secondary N) is 1. The molecular formula is C25H30N4O4. The van der Waals surface area contributed by atoms with Crippen LogP contribution in [0.4, 0.5) is 4.79 Å². The van der Waals surface area contributed by atoms with Gasteiger partial charge >= 0.3 is 6.03 Å². The number of piperazine rings is 1. The molecule has 174 valence electrons. The van der Waals surface area contributed by atoms with Gasteiger partial charge < -0.3 is 24.6 Å². The third kappa shape index (κ3) is 4.75. The quantitative estimate of drug-likeness (QED) is 0.758. The summed E-state index contributed by atoms with van der Waals surface area (Å²) >= 11 is 0. The average molecular weight is 451 g/mol. The molecule has 2 saturated heterocycles. The molecule has 33 heavy (non-hydrogen) atoms. The topological polar surface area (TPSA) is 74.4 Å². The minimum Gasteiger partial charge on any atom is -0.454 e. The number of fused-ring (bicyclic) bond motifs is 1. The Balaban J connectivity index is 1.09. The van der Waals surface area contributed by atoms with Crippen LogP contribution in [0.5, 0.6) is 11.5 Å². The molecule has 3 heterocycles. The highest BCUT2D eigenvalue weighted by molar-refractivity contribution is 5.82. The van der Waals surface area contributed by atoms with Gasteiger partial charge in [0, 0.05) is 45.7 Å². The lowest BCUT2D eigenvalue weighted by Crippen LogP contribution is -2.53. The number of hydrogen-bond donors (Lipinski definition) is 1. The Bertz CT molecular complexity index is 1010. The van der Waals surface area contributed by atoms with E-state index in [4.69, 9.17) is 9.47 Å². The van der Waals surface area contributed by atoms with Crippen molar-refractivity contribution in [2.45, 2.75) is 32.0 Å². The number of carbonyl (C=O) groups excluding carboxylic acids is 2. The lowest BCUT2D eigenvalue weighted by Gasteiger charge is -2.35. The van der Waals surface area contributed by atoms with Crippen molar-refractivity contribution in [3.8, 4) is 11.5 Å². The molecule has 2 aromatic rings. The van der Waals surface area contributed by atoms with E-state index in [1.165, 1.54) is 5.56 Å². The maximum absolute atomic E-state index is 12.8. The number of urea groups is 1. The van der Waals surface area contributed by atoms with Crippen LogP contribution in [0.1, 0.15) is 30.5 Å². The molecule has 0 saturated carbocycles. The van der Waals surface area contributed by atoms with Crippen LogP contribution in [0, 0.1) is 0 Å². The van der Waals surface area contributed by atoms with Gasteiger partial charge in [0.1, 0.15) is 0 Å². The fourth-order valence-corrected chi connectivity index (χ4v) is 4.79. The molecule has 5 rings (SSSR count). The molecule has 0 aliphatic carbocycles. The van der Waals surface area contributed by atoms with Crippen molar-refractivity contribution in [1.29, 1.82) is 0 Å². The fourth-order valence-electron chi connectivity index (χ4n) is 4.79. The summed E-state index contributed by atoms with van der Waals surface area (Å²) in [5.74, 6) is 1.68. The van der Waals surface area contributed by atoms with Gasteiger partial charge in [-0.2, -0.15) is 0 Å². The summed E-state index contributed by atoms with van der Waals surface area (Å²) in [6.45, 7) is 6.63. The molecule has 0 radical (unpaired) electrons.